The third kappa shape index (κ3) is 7.76. The van der Waals surface area contributed by atoms with Gasteiger partial charge in [-0.2, -0.15) is 5.26 Å². The van der Waals surface area contributed by atoms with E-state index >= 15 is 4.39 Å². The van der Waals surface area contributed by atoms with Crippen LogP contribution in [0.15, 0.2) is 36.4 Å². The van der Waals surface area contributed by atoms with E-state index in [0.29, 0.717) is 36.7 Å². The number of piperidine rings is 1. The summed E-state index contributed by atoms with van der Waals surface area (Å²) in [7, 11) is 6.61. The van der Waals surface area contributed by atoms with E-state index < -0.39 is 11.5 Å². The summed E-state index contributed by atoms with van der Waals surface area (Å²) >= 11 is 0. The number of carbonyl (C=O) groups excluding carboxylic acids is 2. The Morgan fingerprint density at radius 2 is 1.81 bits per heavy atom. The van der Waals surface area contributed by atoms with Gasteiger partial charge in [-0.25, -0.2) is 13.6 Å². The van der Waals surface area contributed by atoms with Crippen LogP contribution >= 0.6 is 0 Å². The van der Waals surface area contributed by atoms with Gasteiger partial charge < -0.3 is 29.5 Å². The van der Waals surface area contributed by atoms with Gasteiger partial charge in [-0.3, -0.25) is 4.79 Å². The molecule has 0 bridgehead atoms. The van der Waals surface area contributed by atoms with E-state index in [1.54, 1.807) is 12.1 Å². The molecule has 2 aromatic carbocycles. The van der Waals surface area contributed by atoms with Crippen molar-refractivity contribution >= 4 is 17.7 Å². The fourth-order valence-corrected chi connectivity index (χ4v) is 8.76. The molecule has 1 N–H and O–H groups in total. The molecule has 1 saturated carbocycles. The van der Waals surface area contributed by atoms with Gasteiger partial charge in [0.05, 0.1) is 31.5 Å². The third-order valence-corrected chi connectivity index (χ3v) is 11.0. The van der Waals surface area contributed by atoms with E-state index in [1.165, 1.54) is 26.4 Å². The maximum atomic E-state index is 15.0. The van der Waals surface area contributed by atoms with Crippen molar-refractivity contribution in [3.05, 3.63) is 64.7 Å². The van der Waals surface area contributed by atoms with Crippen LogP contribution < -0.4 is 10.2 Å². The molecule has 11 heteroatoms. The molecule has 0 aromatic heterocycles. The number of nitrogens with zero attached hydrogens (tertiary/aromatic N) is 4. The Kier molecular flexibility index (Phi) is 11.6. The number of hydrogen-bond acceptors (Lipinski definition) is 8. The molecule has 48 heavy (non-hydrogen) atoms. The molecule has 3 atom stereocenters. The average Bonchev–Trinajstić information content (AvgIpc) is 3.52. The zero-order valence-electron chi connectivity index (χ0n) is 28.6. The molecular formula is C37H49F2N5O4. The Morgan fingerprint density at radius 3 is 2.46 bits per heavy atom. The number of anilines is 1. The van der Waals surface area contributed by atoms with Crippen LogP contribution in [0.2, 0.25) is 0 Å². The number of methoxy groups -OCH3 is 2. The maximum absolute atomic E-state index is 15.0. The molecular weight excluding hydrogens is 616 g/mol. The SMILES string of the molecule is COC(=O)C[C@H]1CCC[C@@H]1[C@](CNC(=O)OC)(c1cccc(F)c1)C1CCN(CC2CN(c3cc(CN(C)C)c(C#N)cc3F)C2)CC1. The smallest absolute Gasteiger partial charge is 0.406 e. The molecule has 1 amide bonds. The maximum Gasteiger partial charge on any atom is 0.406 e. The Balaban J connectivity index is 1.31. The van der Waals surface area contributed by atoms with Crippen LogP contribution in [0.4, 0.5) is 19.3 Å². The predicted octanol–water partition coefficient (Wildman–Crippen LogP) is 5.32. The highest BCUT2D eigenvalue weighted by molar-refractivity contribution is 5.69. The van der Waals surface area contributed by atoms with E-state index in [1.807, 2.05) is 31.1 Å². The van der Waals surface area contributed by atoms with Crippen molar-refractivity contribution < 1.29 is 27.8 Å². The number of benzene rings is 2. The minimum atomic E-state index is -0.595. The number of likely N-dealkylation sites (tertiary alicyclic amines) is 1. The van der Waals surface area contributed by atoms with Gasteiger partial charge >= 0.3 is 12.1 Å². The van der Waals surface area contributed by atoms with Gasteiger partial charge in [0.2, 0.25) is 0 Å². The molecule has 9 nitrogen and oxygen atoms in total. The van der Waals surface area contributed by atoms with Crippen LogP contribution in [0.25, 0.3) is 0 Å². The Hall–Kier alpha value is -3.75. The van der Waals surface area contributed by atoms with Crippen LogP contribution in [0.3, 0.4) is 0 Å². The molecule has 2 heterocycles. The van der Waals surface area contributed by atoms with Crippen molar-refractivity contribution in [2.45, 2.75) is 50.5 Å². The van der Waals surface area contributed by atoms with Crippen molar-refractivity contribution in [1.82, 2.24) is 15.1 Å². The van der Waals surface area contributed by atoms with E-state index in [-0.39, 0.29) is 35.4 Å². The van der Waals surface area contributed by atoms with Crippen molar-refractivity contribution in [3.8, 4) is 6.07 Å². The summed E-state index contributed by atoms with van der Waals surface area (Å²) in [5.41, 5.74) is 2.00. The van der Waals surface area contributed by atoms with Gasteiger partial charge in [-0.1, -0.05) is 18.6 Å². The molecule has 0 radical (unpaired) electrons. The average molecular weight is 666 g/mol. The van der Waals surface area contributed by atoms with Gasteiger partial charge in [0.1, 0.15) is 11.6 Å². The highest BCUT2D eigenvalue weighted by Crippen LogP contribution is 2.53. The first-order valence-corrected chi connectivity index (χ1v) is 17.1. The number of amides is 1. The highest BCUT2D eigenvalue weighted by Gasteiger charge is 2.52. The first-order chi connectivity index (χ1) is 23.1. The van der Waals surface area contributed by atoms with Crippen molar-refractivity contribution in [2.75, 3.05) is 72.5 Å². The summed E-state index contributed by atoms with van der Waals surface area (Å²) in [6.45, 7) is 4.95. The minimum absolute atomic E-state index is 0.0481. The summed E-state index contributed by atoms with van der Waals surface area (Å²) in [6, 6.07) is 12.1. The molecule has 0 spiro atoms. The zero-order chi connectivity index (χ0) is 34.4. The topological polar surface area (TPSA) is 98.1 Å². The molecule has 0 unspecified atom stereocenters. The van der Waals surface area contributed by atoms with Crippen LogP contribution in [0.1, 0.15) is 55.2 Å². The lowest BCUT2D eigenvalue weighted by Crippen LogP contribution is -2.56. The lowest BCUT2D eigenvalue weighted by atomic mass is 9.57. The summed E-state index contributed by atoms with van der Waals surface area (Å²) in [5, 5.41) is 12.5. The van der Waals surface area contributed by atoms with Crippen LogP contribution in [-0.2, 0) is 26.2 Å². The van der Waals surface area contributed by atoms with Gasteiger partial charge in [-0.05, 0) is 106 Å². The molecule has 3 aliphatic rings. The standard InChI is InChI=1S/C37H49F2N5O4/c1-42(2)23-28-16-34(33(39)15-27(28)19-40)44-21-25(22-44)20-43-13-11-29(12-14-43)37(24-41-36(46)48-4,30-8-6-9-31(38)18-30)32-10-5-7-26(32)17-35(45)47-3/h6,8-9,15-16,18,25-26,29,32H,5,7,10-14,17,20-24H2,1-4H3,(H,41,46)/t26-,32+,37+/m1/s1. The summed E-state index contributed by atoms with van der Waals surface area (Å²) < 4.78 is 39.9. The first-order valence-electron chi connectivity index (χ1n) is 17.1. The van der Waals surface area contributed by atoms with Gasteiger partial charge in [-0.15, -0.1) is 0 Å². The third-order valence-electron chi connectivity index (χ3n) is 11.0. The van der Waals surface area contributed by atoms with E-state index in [9.17, 15) is 19.2 Å². The normalized spacial score (nSPS) is 21.8. The molecule has 1 aliphatic carbocycles. The van der Waals surface area contributed by atoms with Crippen molar-refractivity contribution in [2.24, 2.45) is 23.7 Å². The number of halogens is 2. The fourth-order valence-electron chi connectivity index (χ4n) is 8.76. The van der Waals surface area contributed by atoms with Gasteiger partial charge in [0.25, 0.3) is 0 Å². The Morgan fingerprint density at radius 1 is 1.06 bits per heavy atom. The molecule has 2 saturated heterocycles. The molecule has 3 fully saturated rings. The number of nitriles is 1. The Labute approximate surface area is 283 Å². The van der Waals surface area contributed by atoms with E-state index in [4.69, 9.17) is 9.47 Å². The number of carbonyl (C=O) groups is 2. The number of nitrogens with one attached hydrogen (secondary N) is 1. The molecule has 260 valence electrons. The Bertz CT molecular complexity index is 1480. The quantitative estimate of drug-likeness (QED) is 0.305. The lowest BCUT2D eigenvalue weighted by Gasteiger charge is -2.51. The summed E-state index contributed by atoms with van der Waals surface area (Å²) in [4.78, 5) is 31.5. The van der Waals surface area contributed by atoms with Crippen molar-refractivity contribution in [3.63, 3.8) is 0 Å². The van der Waals surface area contributed by atoms with Gasteiger partial charge in [0, 0.05) is 50.5 Å². The van der Waals surface area contributed by atoms with E-state index in [0.717, 1.165) is 76.0 Å². The van der Waals surface area contributed by atoms with Crippen LogP contribution in [0.5, 0.6) is 0 Å². The zero-order valence-corrected chi connectivity index (χ0v) is 28.6. The molecule has 2 aliphatic heterocycles. The van der Waals surface area contributed by atoms with E-state index in [2.05, 4.69) is 21.2 Å². The monoisotopic (exact) mass is 665 g/mol. The van der Waals surface area contributed by atoms with Crippen LogP contribution in [-0.4, -0.2) is 89.4 Å². The van der Waals surface area contributed by atoms with Gasteiger partial charge in [0.15, 0.2) is 0 Å². The number of esters is 1. The largest absolute Gasteiger partial charge is 0.469 e. The van der Waals surface area contributed by atoms with Crippen molar-refractivity contribution in [1.29, 1.82) is 5.26 Å². The summed E-state index contributed by atoms with van der Waals surface area (Å²) in [6.07, 6.45) is 4.19. The number of rotatable bonds is 12. The molecule has 2 aromatic rings. The number of hydrogen-bond donors (Lipinski definition) is 1. The first kappa shape index (κ1) is 35.6. The second kappa shape index (κ2) is 15.6. The highest BCUT2D eigenvalue weighted by atomic mass is 19.1. The number of alkyl carbamates (subject to hydrolysis) is 1. The second-order valence-corrected chi connectivity index (χ2v) is 14.1. The lowest BCUT2D eigenvalue weighted by molar-refractivity contribution is -0.142. The van der Waals surface area contributed by atoms with Crippen LogP contribution in [0, 0.1) is 46.6 Å². The number of ether oxygens (including phenoxy) is 2. The fraction of sp³-hybridized carbons (Fsp3) is 0.595. The predicted molar refractivity (Wildman–Crippen MR) is 179 cm³/mol. The second-order valence-electron chi connectivity index (χ2n) is 14.1. The minimum Gasteiger partial charge on any atom is -0.469 e. The summed E-state index contributed by atoms with van der Waals surface area (Å²) in [5.74, 6) is -0.303. The molecule has 5 rings (SSSR count).